The van der Waals surface area contributed by atoms with Crippen LogP contribution in [-0.4, -0.2) is 49.9 Å². The number of hydrogen-bond acceptors (Lipinski definition) is 6. The zero-order valence-electron chi connectivity index (χ0n) is 24.0. The number of rotatable bonds is 13. The summed E-state index contributed by atoms with van der Waals surface area (Å²) >= 11 is 0. The van der Waals surface area contributed by atoms with Crippen molar-refractivity contribution in [2.75, 3.05) is 39.4 Å². The lowest BCUT2D eigenvalue weighted by Gasteiger charge is -2.20. The van der Waals surface area contributed by atoms with Gasteiger partial charge in [0.2, 0.25) is 5.91 Å². The van der Waals surface area contributed by atoms with Crippen molar-refractivity contribution in [2.45, 2.75) is 38.1 Å². The van der Waals surface area contributed by atoms with Crippen molar-refractivity contribution < 1.29 is 23.7 Å². The molecule has 8 heteroatoms. The molecule has 1 aliphatic rings. The smallest absolute Gasteiger partial charge is 0.227 e. The Morgan fingerprint density at radius 1 is 0.951 bits per heavy atom. The lowest BCUT2D eigenvalue weighted by Crippen LogP contribution is -2.25. The molecule has 1 unspecified atom stereocenters. The maximum absolute atomic E-state index is 13.3. The summed E-state index contributed by atoms with van der Waals surface area (Å²) in [6, 6.07) is 19.7. The van der Waals surface area contributed by atoms with Gasteiger partial charge in [-0.05, 0) is 61.2 Å². The van der Waals surface area contributed by atoms with Crippen molar-refractivity contribution in [3.05, 3.63) is 84.7 Å². The molecule has 1 aliphatic heterocycles. The Balaban J connectivity index is 1.29. The lowest BCUT2D eigenvalue weighted by molar-refractivity contribution is -0.117. The number of benzene rings is 3. The number of unbranched alkanes of at least 4 members (excludes halogenated alkanes) is 1. The summed E-state index contributed by atoms with van der Waals surface area (Å²) in [5, 5.41) is 0. The molecule has 1 atom stereocenters. The Bertz CT molecular complexity index is 1530. The van der Waals surface area contributed by atoms with Gasteiger partial charge in [-0.25, -0.2) is 4.98 Å². The molecule has 0 bridgehead atoms. The number of imidazole rings is 1. The summed E-state index contributed by atoms with van der Waals surface area (Å²) in [5.74, 6) is 3.73. The Hall–Kier alpha value is -4.46. The van der Waals surface area contributed by atoms with Crippen LogP contribution in [0.1, 0.15) is 36.6 Å². The largest absolute Gasteiger partial charge is 0.497 e. The number of carbonyl (C=O) groups excluding carboxylic acids is 1. The van der Waals surface area contributed by atoms with E-state index in [9.17, 15) is 4.79 Å². The molecule has 0 N–H and O–H groups in total. The third-order valence-electron chi connectivity index (χ3n) is 7.49. The molecule has 8 nitrogen and oxygen atoms in total. The second kappa shape index (κ2) is 12.8. The summed E-state index contributed by atoms with van der Waals surface area (Å²) in [5.41, 5.74) is 3.87. The Morgan fingerprint density at radius 2 is 1.76 bits per heavy atom. The summed E-state index contributed by atoms with van der Waals surface area (Å²) in [6.45, 7) is 5.68. The van der Waals surface area contributed by atoms with Gasteiger partial charge in [-0.15, -0.1) is 6.58 Å². The number of hydrogen-bond donors (Lipinski definition) is 0. The molecule has 0 aliphatic carbocycles. The van der Waals surface area contributed by atoms with Crippen LogP contribution in [0.25, 0.3) is 11.0 Å². The van der Waals surface area contributed by atoms with Gasteiger partial charge >= 0.3 is 0 Å². The minimum atomic E-state index is -0.0413. The molecule has 1 saturated heterocycles. The van der Waals surface area contributed by atoms with Crippen LogP contribution in [-0.2, 0) is 17.8 Å². The number of methoxy groups -OCH3 is 3. The molecule has 4 aromatic rings. The van der Waals surface area contributed by atoms with E-state index < -0.39 is 0 Å². The second-order valence-corrected chi connectivity index (χ2v) is 10.1. The van der Waals surface area contributed by atoms with Crippen LogP contribution in [0.15, 0.2) is 73.3 Å². The average molecular weight is 556 g/mol. The number of fused-ring (bicyclic) bond motifs is 1. The average Bonchev–Trinajstić information content (AvgIpc) is 3.57. The van der Waals surface area contributed by atoms with Crippen LogP contribution in [0.5, 0.6) is 23.0 Å². The number of ether oxygens (including phenoxy) is 4. The van der Waals surface area contributed by atoms with Crippen LogP contribution in [0.3, 0.4) is 0 Å². The molecule has 5 rings (SSSR count). The van der Waals surface area contributed by atoms with E-state index in [2.05, 4.69) is 17.2 Å². The maximum atomic E-state index is 13.3. The van der Waals surface area contributed by atoms with Gasteiger partial charge in [-0.3, -0.25) is 4.79 Å². The second-order valence-electron chi connectivity index (χ2n) is 10.1. The van der Waals surface area contributed by atoms with E-state index in [4.69, 9.17) is 23.9 Å². The number of amides is 1. The Kier molecular flexibility index (Phi) is 8.77. The normalized spacial score (nSPS) is 14.9. The van der Waals surface area contributed by atoms with E-state index in [0.717, 1.165) is 59.7 Å². The highest BCUT2D eigenvalue weighted by atomic mass is 16.5. The highest BCUT2D eigenvalue weighted by Crippen LogP contribution is 2.39. The van der Waals surface area contributed by atoms with E-state index in [1.807, 2.05) is 60.7 Å². The first-order valence-electron chi connectivity index (χ1n) is 13.9. The van der Waals surface area contributed by atoms with Gasteiger partial charge in [0.1, 0.15) is 17.3 Å². The fourth-order valence-electron chi connectivity index (χ4n) is 5.44. The quantitative estimate of drug-likeness (QED) is 0.145. The minimum Gasteiger partial charge on any atom is -0.497 e. The van der Waals surface area contributed by atoms with Gasteiger partial charge in [0.25, 0.3) is 0 Å². The van der Waals surface area contributed by atoms with Gasteiger partial charge in [0.15, 0.2) is 11.5 Å². The zero-order chi connectivity index (χ0) is 28.8. The molecular formula is C33H37N3O5. The molecule has 1 amide bonds. The number of aromatic nitrogens is 2. The monoisotopic (exact) mass is 555 g/mol. The van der Waals surface area contributed by atoms with Crippen LogP contribution in [0.4, 0.5) is 5.69 Å². The fraction of sp³-hybridized carbons (Fsp3) is 0.333. The van der Waals surface area contributed by atoms with E-state index in [0.29, 0.717) is 36.8 Å². The van der Waals surface area contributed by atoms with Crippen molar-refractivity contribution >= 4 is 22.6 Å². The number of nitrogens with zero attached hydrogens (tertiary/aromatic N) is 3. The van der Waals surface area contributed by atoms with Crippen LogP contribution >= 0.6 is 0 Å². The highest BCUT2D eigenvalue weighted by Gasteiger charge is 2.36. The third kappa shape index (κ3) is 6.01. The van der Waals surface area contributed by atoms with Crippen molar-refractivity contribution in [1.82, 2.24) is 9.55 Å². The maximum Gasteiger partial charge on any atom is 0.227 e. The lowest BCUT2D eigenvalue weighted by atomic mass is 10.1. The number of allylic oxidation sites excluding steroid dienone is 1. The first kappa shape index (κ1) is 28.1. The zero-order valence-corrected chi connectivity index (χ0v) is 24.0. The van der Waals surface area contributed by atoms with Crippen LogP contribution in [0, 0.1) is 0 Å². The van der Waals surface area contributed by atoms with Crippen molar-refractivity contribution in [3.63, 3.8) is 0 Å². The van der Waals surface area contributed by atoms with Gasteiger partial charge < -0.3 is 28.4 Å². The third-order valence-corrected chi connectivity index (χ3v) is 7.49. The van der Waals surface area contributed by atoms with Gasteiger partial charge in [0.05, 0.1) is 44.7 Å². The minimum absolute atomic E-state index is 0.0413. The van der Waals surface area contributed by atoms with Gasteiger partial charge in [0, 0.05) is 31.5 Å². The van der Waals surface area contributed by atoms with E-state index >= 15 is 0 Å². The van der Waals surface area contributed by atoms with Crippen molar-refractivity contribution in [1.29, 1.82) is 0 Å². The molecule has 0 spiro atoms. The predicted octanol–water partition coefficient (Wildman–Crippen LogP) is 6.17. The molecule has 1 fully saturated rings. The molecule has 2 heterocycles. The topological polar surface area (TPSA) is 75.1 Å². The molecule has 1 aromatic heterocycles. The number of carbonyl (C=O) groups is 1. The summed E-state index contributed by atoms with van der Waals surface area (Å²) in [4.78, 5) is 20.0. The molecule has 0 radical (unpaired) electrons. The fourth-order valence-corrected chi connectivity index (χ4v) is 5.44. The molecular weight excluding hydrogens is 518 g/mol. The number of para-hydroxylation sites is 2. The van der Waals surface area contributed by atoms with Gasteiger partial charge in [-0.1, -0.05) is 24.3 Å². The highest BCUT2D eigenvalue weighted by molar-refractivity contribution is 5.98. The van der Waals surface area contributed by atoms with Crippen LogP contribution in [0.2, 0.25) is 0 Å². The standard InChI is InChI=1S/C33H37N3O5/c1-5-10-23-13-15-30(31(19-23)40-4)41-18-9-8-17-35-27-12-7-6-11-26(27)34-33(35)24-20-32(37)36(22-24)28-21-25(38-2)14-16-29(28)39-3/h5-7,11-16,19,21,24H,1,8-10,17-18,20,22H2,2-4H3. The van der Waals surface area contributed by atoms with Gasteiger partial charge in [-0.2, -0.15) is 0 Å². The summed E-state index contributed by atoms with van der Waals surface area (Å²) in [7, 11) is 4.88. The first-order valence-corrected chi connectivity index (χ1v) is 13.9. The van der Waals surface area contributed by atoms with E-state index in [1.165, 1.54) is 0 Å². The number of anilines is 1. The summed E-state index contributed by atoms with van der Waals surface area (Å²) < 4.78 is 24.8. The van der Waals surface area contributed by atoms with Crippen LogP contribution < -0.4 is 23.8 Å². The predicted molar refractivity (Wildman–Crippen MR) is 161 cm³/mol. The van der Waals surface area contributed by atoms with E-state index in [-0.39, 0.29) is 11.8 Å². The SMILES string of the molecule is C=CCc1ccc(OCCCCn2c(C3CC(=O)N(c4cc(OC)ccc4OC)C3)nc3ccccc32)c(OC)c1. The van der Waals surface area contributed by atoms with E-state index in [1.54, 1.807) is 26.2 Å². The van der Waals surface area contributed by atoms with Crippen molar-refractivity contribution in [3.8, 4) is 23.0 Å². The molecule has 214 valence electrons. The van der Waals surface area contributed by atoms with Crippen molar-refractivity contribution in [2.24, 2.45) is 0 Å². The Morgan fingerprint density at radius 3 is 2.54 bits per heavy atom. The molecule has 41 heavy (non-hydrogen) atoms. The number of aryl methyl sites for hydroxylation is 1. The summed E-state index contributed by atoms with van der Waals surface area (Å²) in [6.07, 6.45) is 4.81. The molecule has 0 saturated carbocycles. The first-order chi connectivity index (χ1) is 20.1. The molecule has 3 aromatic carbocycles. The Labute approximate surface area is 241 Å².